The third-order valence-electron chi connectivity index (χ3n) is 2.25. The maximum atomic E-state index is 11.7. The van der Waals surface area contributed by atoms with Gasteiger partial charge in [-0.1, -0.05) is 27.7 Å². The second kappa shape index (κ2) is 5.22. The number of carbonyl (C=O) groups is 1. The maximum absolute atomic E-state index is 11.7. The number of amides is 1. The Labute approximate surface area is 96.3 Å². The van der Waals surface area contributed by atoms with Crippen molar-refractivity contribution in [3.8, 4) is 0 Å². The molecule has 0 aromatic heterocycles. The molecule has 2 nitrogen and oxygen atoms in total. The molecule has 4 heteroatoms. The average Bonchev–Trinajstić information content (AvgIpc) is 2.12. The molecule has 0 aliphatic heterocycles. The van der Waals surface area contributed by atoms with E-state index in [-0.39, 0.29) is 5.91 Å². The van der Waals surface area contributed by atoms with Crippen molar-refractivity contribution in [1.29, 1.82) is 0 Å². The predicted molar refractivity (Wildman–Crippen MR) is 62.1 cm³/mol. The molecule has 0 aromatic carbocycles. The van der Waals surface area contributed by atoms with E-state index in [2.05, 4.69) is 5.32 Å². The molecule has 14 heavy (non-hydrogen) atoms. The topological polar surface area (TPSA) is 29.1 Å². The molecule has 0 bridgehead atoms. The van der Waals surface area contributed by atoms with Gasteiger partial charge in [0.05, 0.1) is 5.54 Å². The summed E-state index contributed by atoms with van der Waals surface area (Å²) in [5.74, 6) is 0.671. The molecule has 0 spiro atoms. The summed E-state index contributed by atoms with van der Waals surface area (Å²) in [4.78, 5) is 11.7. The van der Waals surface area contributed by atoms with Crippen LogP contribution in [0.4, 0.5) is 0 Å². The van der Waals surface area contributed by atoms with Gasteiger partial charge < -0.3 is 5.32 Å². The zero-order valence-electron chi connectivity index (χ0n) is 9.29. The number of carbonyl (C=O) groups excluding carboxylic acids is 1. The lowest BCUT2D eigenvalue weighted by Crippen LogP contribution is -2.54. The Morgan fingerprint density at radius 2 is 1.64 bits per heavy atom. The Bertz CT molecular complexity index is 187. The molecule has 0 atom stereocenters. The van der Waals surface area contributed by atoms with Crippen molar-refractivity contribution in [1.82, 2.24) is 5.32 Å². The van der Waals surface area contributed by atoms with Gasteiger partial charge in [0.25, 0.3) is 0 Å². The zero-order chi connectivity index (χ0) is 11.4. The summed E-state index contributed by atoms with van der Waals surface area (Å²) < 4.78 is 0. The van der Waals surface area contributed by atoms with E-state index in [9.17, 15) is 4.79 Å². The highest BCUT2D eigenvalue weighted by atomic mass is 35.5. The van der Waals surface area contributed by atoms with Crippen LogP contribution in [0.25, 0.3) is 0 Å². The normalized spacial score (nSPS) is 12.7. The van der Waals surface area contributed by atoms with Crippen molar-refractivity contribution < 1.29 is 4.79 Å². The van der Waals surface area contributed by atoms with Crippen LogP contribution in [0, 0.1) is 5.41 Å². The van der Waals surface area contributed by atoms with Crippen LogP contribution < -0.4 is 5.32 Å². The third kappa shape index (κ3) is 3.66. The first-order valence-electron chi connectivity index (χ1n) is 4.76. The van der Waals surface area contributed by atoms with Gasteiger partial charge in [-0.3, -0.25) is 4.79 Å². The molecule has 0 fully saturated rings. The van der Waals surface area contributed by atoms with Gasteiger partial charge in [0, 0.05) is 17.2 Å². The molecule has 0 radical (unpaired) electrons. The van der Waals surface area contributed by atoms with Gasteiger partial charge in [-0.15, -0.1) is 23.2 Å². The number of alkyl halides is 2. The minimum Gasteiger partial charge on any atom is -0.348 e. The monoisotopic (exact) mass is 239 g/mol. The molecule has 0 unspecified atom stereocenters. The first-order valence-corrected chi connectivity index (χ1v) is 5.83. The molecular weight excluding hydrogens is 221 g/mol. The highest BCUT2D eigenvalue weighted by Gasteiger charge is 2.32. The molecule has 0 aliphatic rings. The van der Waals surface area contributed by atoms with E-state index in [1.165, 1.54) is 0 Å². The Morgan fingerprint density at radius 1 is 1.21 bits per heavy atom. The van der Waals surface area contributed by atoms with Crippen LogP contribution >= 0.6 is 23.2 Å². The molecule has 84 valence electrons. The summed E-state index contributed by atoms with van der Waals surface area (Å²) in [6, 6.07) is 0. The minimum absolute atomic E-state index is 0.0133. The number of rotatable bonds is 4. The van der Waals surface area contributed by atoms with Gasteiger partial charge in [-0.25, -0.2) is 0 Å². The zero-order valence-corrected chi connectivity index (χ0v) is 10.8. The smallest absolute Gasteiger partial charge is 0.225 e. The Kier molecular flexibility index (Phi) is 5.24. The molecule has 0 rings (SSSR count). The summed E-state index contributed by atoms with van der Waals surface area (Å²) in [7, 11) is 0. The minimum atomic E-state index is -0.465. The summed E-state index contributed by atoms with van der Waals surface area (Å²) in [5, 5.41) is 2.92. The fourth-order valence-electron chi connectivity index (χ4n) is 0.808. The van der Waals surface area contributed by atoms with E-state index in [0.717, 1.165) is 6.42 Å². The van der Waals surface area contributed by atoms with Gasteiger partial charge >= 0.3 is 0 Å². The van der Waals surface area contributed by atoms with Crippen molar-refractivity contribution in [3.63, 3.8) is 0 Å². The van der Waals surface area contributed by atoms with Crippen LogP contribution in [0.5, 0.6) is 0 Å². The highest BCUT2D eigenvalue weighted by Crippen LogP contribution is 2.19. The lowest BCUT2D eigenvalue weighted by atomic mass is 9.92. The lowest BCUT2D eigenvalue weighted by molar-refractivity contribution is -0.130. The van der Waals surface area contributed by atoms with Gasteiger partial charge in [0.2, 0.25) is 5.91 Å². The molecule has 0 aliphatic carbocycles. The van der Waals surface area contributed by atoms with E-state index in [0.29, 0.717) is 11.8 Å². The van der Waals surface area contributed by atoms with E-state index in [4.69, 9.17) is 23.2 Å². The van der Waals surface area contributed by atoms with Crippen molar-refractivity contribution in [2.45, 2.75) is 39.7 Å². The quantitative estimate of drug-likeness (QED) is 0.752. The van der Waals surface area contributed by atoms with E-state index >= 15 is 0 Å². The molecular formula is C10H19Cl2NO. The first kappa shape index (κ1) is 14.1. The van der Waals surface area contributed by atoms with Crippen LogP contribution in [0.1, 0.15) is 34.1 Å². The van der Waals surface area contributed by atoms with Gasteiger partial charge in [0.15, 0.2) is 0 Å². The van der Waals surface area contributed by atoms with Crippen LogP contribution in [-0.2, 0) is 4.79 Å². The Morgan fingerprint density at radius 3 is 1.86 bits per heavy atom. The Balaban J connectivity index is 4.54. The van der Waals surface area contributed by atoms with Crippen molar-refractivity contribution in [3.05, 3.63) is 0 Å². The van der Waals surface area contributed by atoms with Crippen molar-refractivity contribution >= 4 is 29.1 Å². The third-order valence-corrected chi connectivity index (χ3v) is 3.27. The Hall–Kier alpha value is 0.0500. The van der Waals surface area contributed by atoms with Crippen LogP contribution in [0.3, 0.4) is 0 Å². The number of hydrogen-bond acceptors (Lipinski definition) is 1. The largest absolute Gasteiger partial charge is 0.348 e. The van der Waals surface area contributed by atoms with Crippen molar-refractivity contribution in [2.75, 3.05) is 11.8 Å². The number of hydrogen-bond donors (Lipinski definition) is 1. The first-order chi connectivity index (χ1) is 6.31. The SMILES string of the molecule is CCC(CCl)(CCl)NC(=O)C(C)(C)C. The fraction of sp³-hybridized carbons (Fsp3) is 0.900. The standard InChI is InChI=1S/C10H19Cl2NO/c1-5-10(6-11,7-12)13-8(14)9(2,3)4/h5-7H2,1-4H3,(H,13,14). The second-order valence-electron chi connectivity index (χ2n) is 4.61. The molecule has 1 amide bonds. The van der Waals surface area contributed by atoms with Crippen LogP contribution in [0.15, 0.2) is 0 Å². The van der Waals surface area contributed by atoms with E-state index < -0.39 is 11.0 Å². The average molecular weight is 240 g/mol. The summed E-state index contributed by atoms with van der Waals surface area (Å²) >= 11 is 11.6. The van der Waals surface area contributed by atoms with E-state index in [1.54, 1.807) is 0 Å². The second-order valence-corrected chi connectivity index (χ2v) is 5.14. The van der Waals surface area contributed by atoms with Gasteiger partial charge in [-0.2, -0.15) is 0 Å². The van der Waals surface area contributed by atoms with Crippen LogP contribution in [0.2, 0.25) is 0 Å². The summed E-state index contributed by atoms with van der Waals surface area (Å²) in [6.45, 7) is 7.56. The molecule has 0 heterocycles. The summed E-state index contributed by atoms with van der Waals surface area (Å²) in [6.07, 6.45) is 0.738. The number of nitrogens with one attached hydrogen (secondary N) is 1. The number of halogens is 2. The van der Waals surface area contributed by atoms with Crippen molar-refractivity contribution in [2.24, 2.45) is 5.41 Å². The lowest BCUT2D eigenvalue weighted by Gasteiger charge is -2.32. The van der Waals surface area contributed by atoms with E-state index in [1.807, 2.05) is 27.7 Å². The molecule has 1 N–H and O–H groups in total. The highest BCUT2D eigenvalue weighted by molar-refractivity contribution is 6.22. The summed E-state index contributed by atoms with van der Waals surface area (Å²) in [5.41, 5.74) is -0.869. The molecule has 0 aromatic rings. The molecule has 0 saturated heterocycles. The maximum Gasteiger partial charge on any atom is 0.225 e. The predicted octanol–water partition coefficient (Wildman–Crippen LogP) is 2.78. The molecule has 0 saturated carbocycles. The van der Waals surface area contributed by atoms with Gasteiger partial charge in [-0.05, 0) is 6.42 Å². The van der Waals surface area contributed by atoms with Gasteiger partial charge in [0.1, 0.15) is 0 Å². The van der Waals surface area contributed by atoms with Crippen LogP contribution in [-0.4, -0.2) is 23.2 Å². The fourth-order valence-corrected chi connectivity index (χ4v) is 1.61.